The Kier molecular flexibility index (Phi) is 4.19. The van der Waals surface area contributed by atoms with E-state index >= 15 is 0 Å². The molecule has 0 spiro atoms. The van der Waals surface area contributed by atoms with Gasteiger partial charge in [-0.25, -0.2) is 0 Å². The van der Waals surface area contributed by atoms with Crippen molar-refractivity contribution < 1.29 is 9.84 Å². The van der Waals surface area contributed by atoms with Gasteiger partial charge in [-0.2, -0.15) is 0 Å². The van der Waals surface area contributed by atoms with Crippen LogP contribution in [0.4, 0.5) is 0 Å². The highest BCUT2D eigenvalue weighted by molar-refractivity contribution is 5.62. The van der Waals surface area contributed by atoms with Gasteiger partial charge in [0.05, 0.1) is 17.9 Å². The van der Waals surface area contributed by atoms with Crippen LogP contribution in [0.2, 0.25) is 0 Å². The SMILES string of the molecule is CCOc1cccc(-c2ccc(C(C)(C)O)c(=O)n2C)c1. The number of hydrogen-bond donors (Lipinski definition) is 1. The lowest BCUT2D eigenvalue weighted by atomic mass is 9.99. The minimum absolute atomic E-state index is 0.193. The number of nitrogens with zero attached hydrogens (tertiary/aromatic N) is 1. The third-order valence-corrected chi connectivity index (χ3v) is 3.40. The molecule has 2 aromatic rings. The summed E-state index contributed by atoms with van der Waals surface area (Å²) >= 11 is 0. The summed E-state index contributed by atoms with van der Waals surface area (Å²) in [4.78, 5) is 12.4. The van der Waals surface area contributed by atoms with Gasteiger partial charge in [-0.15, -0.1) is 0 Å². The van der Waals surface area contributed by atoms with Gasteiger partial charge in [-0.3, -0.25) is 4.79 Å². The zero-order valence-corrected chi connectivity index (χ0v) is 12.9. The molecule has 0 unspecified atom stereocenters. The molecule has 1 heterocycles. The first-order chi connectivity index (χ1) is 9.84. The number of rotatable bonds is 4. The molecule has 1 N–H and O–H groups in total. The lowest BCUT2D eigenvalue weighted by Gasteiger charge is -2.19. The summed E-state index contributed by atoms with van der Waals surface area (Å²) in [6.07, 6.45) is 0. The van der Waals surface area contributed by atoms with E-state index in [9.17, 15) is 9.90 Å². The molecule has 0 aliphatic heterocycles. The number of pyridine rings is 1. The van der Waals surface area contributed by atoms with Crippen LogP contribution in [0, 0.1) is 0 Å². The Labute approximate surface area is 124 Å². The van der Waals surface area contributed by atoms with Crippen LogP contribution in [0.25, 0.3) is 11.3 Å². The normalized spacial score (nSPS) is 11.5. The fourth-order valence-corrected chi connectivity index (χ4v) is 2.30. The first-order valence-corrected chi connectivity index (χ1v) is 7.00. The van der Waals surface area contributed by atoms with Crippen molar-refractivity contribution in [2.45, 2.75) is 26.4 Å². The maximum Gasteiger partial charge on any atom is 0.256 e. The zero-order chi connectivity index (χ0) is 15.6. The fourth-order valence-electron chi connectivity index (χ4n) is 2.30. The van der Waals surface area contributed by atoms with Crippen molar-refractivity contribution in [2.24, 2.45) is 7.05 Å². The average molecular weight is 287 g/mol. The Hall–Kier alpha value is -2.07. The molecule has 0 atom stereocenters. The summed E-state index contributed by atoms with van der Waals surface area (Å²) < 4.78 is 7.04. The molecule has 4 heteroatoms. The maximum absolute atomic E-state index is 12.4. The molecule has 21 heavy (non-hydrogen) atoms. The average Bonchev–Trinajstić information content (AvgIpc) is 2.41. The molecule has 4 nitrogen and oxygen atoms in total. The van der Waals surface area contributed by atoms with Gasteiger partial charge >= 0.3 is 0 Å². The highest BCUT2D eigenvalue weighted by Gasteiger charge is 2.21. The molecule has 1 aromatic heterocycles. The Bertz CT molecular complexity index is 696. The topological polar surface area (TPSA) is 51.5 Å². The molecule has 0 bridgehead atoms. The van der Waals surface area contributed by atoms with Crippen LogP contribution in [0.3, 0.4) is 0 Å². The Balaban J connectivity index is 2.54. The molecule has 0 amide bonds. The molecule has 0 saturated heterocycles. The van der Waals surface area contributed by atoms with Gasteiger partial charge in [-0.05, 0) is 45.0 Å². The predicted molar refractivity (Wildman–Crippen MR) is 83.5 cm³/mol. The number of hydrogen-bond acceptors (Lipinski definition) is 3. The third kappa shape index (κ3) is 3.16. The fraction of sp³-hybridized carbons (Fsp3) is 0.353. The second kappa shape index (κ2) is 5.74. The highest BCUT2D eigenvalue weighted by atomic mass is 16.5. The van der Waals surface area contributed by atoms with E-state index in [2.05, 4.69) is 0 Å². The van der Waals surface area contributed by atoms with Gasteiger partial charge in [0.1, 0.15) is 5.75 Å². The summed E-state index contributed by atoms with van der Waals surface area (Å²) in [6, 6.07) is 11.2. The molecule has 112 valence electrons. The number of ether oxygens (including phenoxy) is 1. The van der Waals surface area contributed by atoms with Crippen molar-refractivity contribution in [3.8, 4) is 17.0 Å². The van der Waals surface area contributed by atoms with E-state index in [1.807, 2.05) is 37.3 Å². The van der Waals surface area contributed by atoms with Crippen molar-refractivity contribution in [1.29, 1.82) is 0 Å². The molecule has 0 aliphatic carbocycles. The standard InChI is InChI=1S/C17H21NO3/c1-5-21-13-8-6-7-12(11-13)15-10-9-14(17(2,3)20)16(19)18(15)4/h6-11,20H,5H2,1-4H3. The summed E-state index contributed by atoms with van der Waals surface area (Å²) in [6.45, 7) is 5.75. The number of aliphatic hydroxyl groups is 1. The van der Waals surface area contributed by atoms with E-state index in [4.69, 9.17) is 4.74 Å². The quantitative estimate of drug-likeness (QED) is 0.940. The lowest BCUT2D eigenvalue weighted by molar-refractivity contribution is 0.0766. The second-order valence-corrected chi connectivity index (χ2v) is 5.52. The smallest absolute Gasteiger partial charge is 0.256 e. The van der Waals surface area contributed by atoms with Gasteiger partial charge < -0.3 is 14.4 Å². The maximum atomic E-state index is 12.4. The van der Waals surface area contributed by atoms with Crippen LogP contribution >= 0.6 is 0 Å². The largest absolute Gasteiger partial charge is 0.494 e. The molecule has 0 radical (unpaired) electrons. The summed E-state index contributed by atoms with van der Waals surface area (Å²) in [5.74, 6) is 0.772. The minimum Gasteiger partial charge on any atom is -0.494 e. The molecular weight excluding hydrogens is 266 g/mol. The van der Waals surface area contributed by atoms with Crippen molar-refractivity contribution in [1.82, 2.24) is 4.57 Å². The van der Waals surface area contributed by atoms with E-state index in [0.717, 1.165) is 17.0 Å². The van der Waals surface area contributed by atoms with Crippen molar-refractivity contribution >= 4 is 0 Å². The van der Waals surface area contributed by atoms with Gasteiger partial charge in [-0.1, -0.05) is 12.1 Å². The monoisotopic (exact) mass is 287 g/mol. The lowest BCUT2D eigenvalue weighted by Crippen LogP contribution is -2.31. The molecule has 0 fully saturated rings. The van der Waals surface area contributed by atoms with Gasteiger partial charge in [0.15, 0.2) is 0 Å². The van der Waals surface area contributed by atoms with Crippen LogP contribution in [0.5, 0.6) is 5.75 Å². The molecule has 0 aliphatic rings. The molecular formula is C17H21NO3. The van der Waals surface area contributed by atoms with E-state index in [-0.39, 0.29) is 5.56 Å². The van der Waals surface area contributed by atoms with Crippen LogP contribution in [-0.2, 0) is 12.6 Å². The van der Waals surface area contributed by atoms with Crippen LogP contribution in [-0.4, -0.2) is 16.3 Å². The van der Waals surface area contributed by atoms with Crippen molar-refractivity contribution in [3.05, 3.63) is 52.3 Å². The second-order valence-electron chi connectivity index (χ2n) is 5.52. The Morgan fingerprint density at radius 1 is 1.24 bits per heavy atom. The van der Waals surface area contributed by atoms with E-state index < -0.39 is 5.60 Å². The highest BCUT2D eigenvalue weighted by Crippen LogP contribution is 2.24. The van der Waals surface area contributed by atoms with Crippen molar-refractivity contribution in [2.75, 3.05) is 6.61 Å². The Morgan fingerprint density at radius 2 is 1.95 bits per heavy atom. The Morgan fingerprint density at radius 3 is 2.57 bits per heavy atom. The first kappa shape index (κ1) is 15.3. The van der Waals surface area contributed by atoms with Gasteiger partial charge in [0.25, 0.3) is 5.56 Å². The molecule has 1 aromatic carbocycles. The van der Waals surface area contributed by atoms with Gasteiger partial charge in [0.2, 0.25) is 0 Å². The van der Waals surface area contributed by atoms with E-state index in [0.29, 0.717) is 12.2 Å². The van der Waals surface area contributed by atoms with E-state index in [1.165, 1.54) is 0 Å². The predicted octanol–water partition coefficient (Wildman–Crippen LogP) is 2.68. The van der Waals surface area contributed by atoms with Crippen LogP contribution < -0.4 is 10.3 Å². The zero-order valence-electron chi connectivity index (χ0n) is 12.9. The summed E-state index contributed by atoms with van der Waals surface area (Å²) in [5.41, 5.74) is 0.731. The number of aromatic nitrogens is 1. The van der Waals surface area contributed by atoms with Crippen LogP contribution in [0.1, 0.15) is 26.3 Å². The minimum atomic E-state index is -1.15. The van der Waals surface area contributed by atoms with Crippen molar-refractivity contribution in [3.63, 3.8) is 0 Å². The van der Waals surface area contributed by atoms with E-state index in [1.54, 1.807) is 31.5 Å². The molecule has 0 saturated carbocycles. The summed E-state index contributed by atoms with van der Waals surface area (Å²) in [5, 5.41) is 10.0. The van der Waals surface area contributed by atoms with Crippen LogP contribution in [0.15, 0.2) is 41.2 Å². The first-order valence-electron chi connectivity index (χ1n) is 7.00. The van der Waals surface area contributed by atoms with Gasteiger partial charge in [0, 0.05) is 18.2 Å². The number of benzene rings is 1. The third-order valence-electron chi connectivity index (χ3n) is 3.40. The summed E-state index contributed by atoms with van der Waals surface area (Å²) in [7, 11) is 1.71. The molecule has 2 rings (SSSR count).